The SMILES string of the molecule is CC[C@@H](Sc1nc2ccccc2c(=O)n1CC1CCC(C(=O)NC[C@@H]2CCCO2)CC1)C(=O)Nc1ccc2c(c1)OCO2. The molecular weight excluding hydrogens is 568 g/mol. The Hall–Kier alpha value is -3.57. The summed E-state index contributed by atoms with van der Waals surface area (Å²) in [5, 5.41) is 6.70. The second kappa shape index (κ2) is 13.4. The molecule has 1 saturated heterocycles. The van der Waals surface area contributed by atoms with Crippen LogP contribution in [0.2, 0.25) is 0 Å². The van der Waals surface area contributed by atoms with Crippen molar-refractivity contribution < 1.29 is 23.8 Å². The van der Waals surface area contributed by atoms with Crippen LogP contribution in [0.3, 0.4) is 0 Å². The minimum Gasteiger partial charge on any atom is -0.454 e. The molecule has 3 heterocycles. The van der Waals surface area contributed by atoms with E-state index >= 15 is 0 Å². The van der Waals surface area contributed by atoms with E-state index in [9.17, 15) is 14.4 Å². The second-order valence-electron chi connectivity index (χ2n) is 11.5. The summed E-state index contributed by atoms with van der Waals surface area (Å²) in [7, 11) is 0. The van der Waals surface area contributed by atoms with Crippen LogP contribution in [-0.2, 0) is 20.9 Å². The van der Waals surface area contributed by atoms with Crippen molar-refractivity contribution in [2.75, 3.05) is 25.3 Å². The number of hydrogen-bond acceptors (Lipinski definition) is 8. The first-order valence-electron chi connectivity index (χ1n) is 15.2. The molecule has 1 aliphatic carbocycles. The highest BCUT2D eigenvalue weighted by Crippen LogP contribution is 2.35. The fourth-order valence-corrected chi connectivity index (χ4v) is 7.10. The summed E-state index contributed by atoms with van der Waals surface area (Å²) in [5.74, 6) is 1.41. The van der Waals surface area contributed by atoms with Gasteiger partial charge in [0.15, 0.2) is 16.7 Å². The lowest BCUT2D eigenvalue weighted by Crippen LogP contribution is -2.38. The van der Waals surface area contributed by atoms with Crippen LogP contribution in [-0.4, -0.2) is 52.7 Å². The Morgan fingerprint density at radius 3 is 2.67 bits per heavy atom. The lowest BCUT2D eigenvalue weighted by atomic mass is 9.81. The summed E-state index contributed by atoms with van der Waals surface area (Å²) in [6.07, 6.45) is 6.02. The van der Waals surface area contributed by atoms with E-state index in [0.29, 0.717) is 52.8 Å². The zero-order valence-corrected chi connectivity index (χ0v) is 25.2. The zero-order chi connectivity index (χ0) is 29.8. The van der Waals surface area contributed by atoms with E-state index in [4.69, 9.17) is 19.2 Å². The number of carbonyl (C=O) groups is 2. The molecule has 2 atom stereocenters. The smallest absolute Gasteiger partial charge is 0.262 e. The number of fused-ring (bicyclic) bond motifs is 2. The molecule has 3 aromatic rings. The van der Waals surface area contributed by atoms with Crippen LogP contribution in [0.4, 0.5) is 5.69 Å². The van der Waals surface area contributed by atoms with E-state index in [1.807, 2.05) is 25.1 Å². The van der Waals surface area contributed by atoms with E-state index in [-0.39, 0.29) is 42.1 Å². The third-order valence-electron chi connectivity index (χ3n) is 8.56. The fraction of sp³-hybridized carbons (Fsp3) is 0.500. The van der Waals surface area contributed by atoms with Crippen LogP contribution in [0, 0.1) is 11.8 Å². The zero-order valence-electron chi connectivity index (χ0n) is 24.4. The number of para-hydroxylation sites is 1. The van der Waals surface area contributed by atoms with Gasteiger partial charge in [-0.2, -0.15) is 0 Å². The molecule has 1 aromatic heterocycles. The number of thioether (sulfide) groups is 1. The molecule has 6 rings (SSSR count). The van der Waals surface area contributed by atoms with E-state index < -0.39 is 5.25 Å². The number of amides is 2. The fourth-order valence-electron chi connectivity index (χ4n) is 6.07. The summed E-state index contributed by atoms with van der Waals surface area (Å²) in [4.78, 5) is 44.8. The van der Waals surface area contributed by atoms with Crippen molar-refractivity contribution in [3.8, 4) is 11.5 Å². The molecule has 2 amide bonds. The maximum Gasteiger partial charge on any atom is 0.262 e. The molecule has 10 nitrogen and oxygen atoms in total. The highest BCUT2D eigenvalue weighted by molar-refractivity contribution is 8.00. The van der Waals surface area contributed by atoms with Gasteiger partial charge < -0.3 is 24.8 Å². The maximum absolute atomic E-state index is 13.8. The third kappa shape index (κ3) is 6.83. The Morgan fingerprint density at radius 1 is 1.07 bits per heavy atom. The van der Waals surface area contributed by atoms with Gasteiger partial charge in [0, 0.05) is 37.4 Å². The Kier molecular flexibility index (Phi) is 9.18. The highest BCUT2D eigenvalue weighted by Gasteiger charge is 2.29. The lowest BCUT2D eigenvalue weighted by Gasteiger charge is -2.29. The highest BCUT2D eigenvalue weighted by atomic mass is 32.2. The van der Waals surface area contributed by atoms with Crippen molar-refractivity contribution in [1.29, 1.82) is 0 Å². The molecule has 0 bridgehead atoms. The second-order valence-corrected chi connectivity index (χ2v) is 12.7. The number of ether oxygens (including phenoxy) is 3. The van der Waals surface area contributed by atoms with Crippen molar-refractivity contribution in [1.82, 2.24) is 14.9 Å². The van der Waals surface area contributed by atoms with Crippen molar-refractivity contribution in [3.05, 3.63) is 52.8 Å². The standard InChI is InChI=1S/C32H38N4O6S/c1-2-28(30(38)34-22-13-14-26-27(16-22)42-19-41-26)43-32-35-25-8-4-3-7-24(25)31(39)36(32)18-20-9-11-21(12-10-20)29(37)33-17-23-6-5-15-40-23/h3-4,7-8,13-14,16,20-21,23,28H,2,5-6,9-12,15,17-19H2,1H3,(H,33,37)(H,34,38)/t20?,21?,23-,28+/m0/s1. The summed E-state index contributed by atoms with van der Waals surface area (Å²) < 4.78 is 18.2. The van der Waals surface area contributed by atoms with Gasteiger partial charge in [-0.3, -0.25) is 19.0 Å². The predicted octanol–water partition coefficient (Wildman–Crippen LogP) is 4.74. The summed E-state index contributed by atoms with van der Waals surface area (Å²) >= 11 is 1.32. The number of nitrogens with one attached hydrogen (secondary N) is 2. The predicted molar refractivity (Wildman–Crippen MR) is 165 cm³/mol. The minimum absolute atomic E-state index is 0.0118. The van der Waals surface area contributed by atoms with Crippen molar-refractivity contribution in [2.24, 2.45) is 11.8 Å². The molecule has 228 valence electrons. The molecular formula is C32H38N4O6S. The Morgan fingerprint density at radius 2 is 1.88 bits per heavy atom. The van der Waals surface area contributed by atoms with Gasteiger partial charge in [-0.1, -0.05) is 30.8 Å². The lowest BCUT2D eigenvalue weighted by molar-refractivity contribution is -0.126. The molecule has 0 unspecified atom stereocenters. The number of anilines is 1. The topological polar surface area (TPSA) is 121 Å². The van der Waals surface area contributed by atoms with Gasteiger partial charge in [-0.25, -0.2) is 4.98 Å². The molecule has 1 saturated carbocycles. The van der Waals surface area contributed by atoms with E-state index in [1.54, 1.807) is 28.8 Å². The summed E-state index contributed by atoms with van der Waals surface area (Å²) in [5.41, 5.74) is 1.13. The molecule has 2 aromatic carbocycles. The first-order valence-corrected chi connectivity index (χ1v) is 16.1. The van der Waals surface area contributed by atoms with Gasteiger partial charge >= 0.3 is 0 Å². The average Bonchev–Trinajstić information content (AvgIpc) is 3.73. The molecule has 0 radical (unpaired) electrons. The van der Waals surface area contributed by atoms with Crippen molar-refractivity contribution in [3.63, 3.8) is 0 Å². The largest absolute Gasteiger partial charge is 0.454 e. The first kappa shape index (κ1) is 29.5. The van der Waals surface area contributed by atoms with Gasteiger partial charge in [-0.15, -0.1) is 0 Å². The number of rotatable bonds is 10. The van der Waals surface area contributed by atoms with Crippen LogP contribution < -0.4 is 25.7 Å². The molecule has 43 heavy (non-hydrogen) atoms. The van der Waals surface area contributed by atoms with Crippen LogP contribution in [0.15, 0.2) is 52.4 Å². The monoisotopic (exact) mass is 606 g/mol. The number of nitrogens with zero attached hydrogens (tertiary/aromatic N) is 2. The Balaban J connectivity index is 1.14. The minimum atomic E-state index is -0.465. The van der Waals surface area contributed by atoms with Crippen LogP contribution in [0.5, 0.6) is 11.5 Å². The summed E-state index contributed by atoms with van der Waals surface area (Å²) in [6.45, 7) is 3.97. The summed E-state index contributed by atoms with van der Waals surface area (Å²) in [6, 6.07) is 12.6. The first-order chi connectivity index (χ1) is 21.0. The molecule has 11 heteroatoms. The number of benzene rings is 2. The van der Waals surface area contributed by atoms with E-state index in [0.717, 1.165) is 45.1 Å². The molecule has 0 spiro atoms. The van der Waals surface area contributed by atoms with Gasteiger partial charge in [0.25, 0.3) is 5.56 Å². The maximum atomic E-state index is 13.8. The van der Waals surface area contributed by atoms with Crippen LogP contribution in [0.1, 0.15) is 51.9 Å². The molecule has 3 aliphatic rings. The Bertz CT molecular complexity index is 1530. The molecule has 2 aliphatic heterocycles. The van der Waals surface area contributed by atoms with E-state index in [2.05, 4.69) is 10.6 Å². The van der Waals surface area contributed by atoms with Crippen LogP contribution in [0.25, 0.3) is 10.9 Å². The van der Waals surface area contributed by atoms with Gasteiger partial charge in [0.1, 0.15) is 0 Å². The van der Waals surface area contributed by atoms with Crippen LogP contribution >= 0.6 is 11.8 Å². The third-order valence-corrected chi connectivity index (χ3v) is 9.92. The van der Waals surface area contributed by atoms with Gasteiger partial charge in [0.05, 0.1) is 22.3 Å². The quantitative estimate of drug-likeness (QED) is 0.251. The average molecular weight is 607 g/mol. The van der Waals surface area contributed by atoms with Gasteiger partial charge in [0.2, 0.25) is 18.6 Å². The van der Waals surface area contributed by atoms with Crippen molar-refractivity contribution >= 4 is 40.2 Å². The van der Waals surface area contributed by atoms with Gasteiger partial charge in [-0.05, 0) is 75.1 Å². The number of carbonyl (C=O) groups excluding carboxylic acids is 2. The number of hydrogen-bond donors (Lipinski definition) is 2. The molecule has 2 fully saturated rings. The Labute approximate surface area is 254 Å². The van der Waals surface area contributed by atoms with Crippen molar-refractivity contribution in [2.45, 2.75) is 74.9 Å². The van der Waals surface area contributed by atoms with E-state index in [1.165, 1.54) is 11.8 Å². The molecule has 2 N–H and O–H groups in total. The number of aromatic nitrogens is 2. The normalized spacial score (nSPS) is 21.9.